The molecule has 0 aromatic carbocycles. The molecule has 7 heteroatoms. The van der Waals surface area contributed by atoms with E-state index >= 15 is 0 Å². The van der Waals surface area contributed by atoms with Gasteiger partial charge in [-0.25, -0.2) is 13.2 Å². The smallest absolute Gasteiger partial charge is 0.407 e. The Hall–Kier alpha value is -0.820. The minimum atomic E-state index is -3.18. The first kappa shape index (κ1) is 14.2. The second-order valence-corrected chi connectivity index (χ2v) is 7.61. The van der Waals surface area contributed by atoms with Crippen molar-refractivity contribution in [2.75, 3.05) is 18.1 Å². The lowest BCUT2D eigenvalue weighted by molar-refractivity contribution is 0.0359. The first-order chi connectivity index (χ1) is 7.52. The van der Waals surface area contributed by atoms with Crippen LogP contribution >= 0.6 is 0 Å². The lowest BCUT2D eigenvalue weighted by Gasteiger charge is -2.24. The minimum Gasteiger partial charge on any atom is -0.444 e. The van der Waals surface area contributed by atoms with Gasteiger partial charge in [-0.05, 0) is 27.2 Å². The standard InChI is InChI=1S/C10H19NO5S/c1-9(2,3)16-8(12)11-6-10(13)4-5-17(14,15)7-10/h13H,4-7H2,1-3H3,(H,11,12). The van der Waals surface area contributed by atoms with Crippen molar-refractivity contribution in [1.29, 1.82) is 0 Å². The lowest BCUT2D eigenvalue weighted by atomic mass is 10.0. The van der Waals surface area contributed by atoms with E-state index in [1.165, 1.54) is 0 Å². The molecule has 0 radical (unpaired) electrons. The van der Waals surface area contributed by atoms with Crippen LogP contribution in [0, 0.1) is 0 Å². The maximum absolute atomic E-state index is 11.3. The van der Waals surface area contributed by atoms with Gasteiger partial charge in [0.2, 0.25) is 0 Å². The third-order valence-electron chi connectivity index (χ3n) is 2.33. The summed E-state index contributed by atoms with van der Waals surface area (Å²) in [7, 11) is -3.18. The fourth-order valence-corrected chi connectivity index (χ4v) is 3.49. The van der Waals surface area contributed by atoms with E-state index < -0.39 is 27.1 Å². The van der Waals surface area contributed by atoms with Crippen LogP contribution in [-0.2, 0) is 14.6 Å². The summed E-state index contributed by atoms with van der Waals surface area (Å²) in [5, 5.41) is 12.3. The maximum Gasteiger partial charge on any atom is 0.407 e. The molecule has 100 valence electrons. The Morgan fingerprint density at radius 1 is 1.47 bits per heavy atom. The molecule has 0 saturated carbocycles. The van der Waals surface area contributed by atoms with Gasteiger partial charge in [0.1, 0.15) is 5.60 Å². The van der Waals surface area contributed by atoms with Gasteiger partial charge in [-0.1, -0.05) is 0 Å². The average molecular weight is 265 g/mol. The summed E-state index contributed by atoms with van der Waals surface area (Å²) in [4.78, 5) is 11.3. The summed E-state index contributed by atoms with van der Waals surface area (Å²) in [5.41, 5.74) is -1.98. The van der Waals surface area contributed by atoms with Crippen LogP contribution in [0.2, 0.25) is 0 Å². The predicted octanol–water partition coefficient (Wildman–Crippen LogP) is 0.0607. The predicted molar refractivity (Wildman–Crippen MR) is 62.5 cm³/mol. The van der Waals surface area contributed by atoms with Crippen molar-refractivity contribution in [2.45, 2.75) is 38.4 Å². The van der Waals surface area contributed by atoms with E-state index in [9.17, 15) is 18.3 Å². The average Bonchev–Trinajstić information content (AvgIpc) is 2.36. The number of hydrogen-bond donors (Lipinski definition) is 2. The molecule has 1 unspecified atom stereocenters. The Morgan fingerprint density at radius 2 is 2.06 bits per heavy atom. The number of nitrogens with one attached hydrogen (secondary N) is 1. The quantitative estimate of drug-likeness (QED) is 0.736. The highest BCUT2D eigenvalue weighted by molar-refractivity contribution is 7.91. The van der Waals surface area contributed by atoms with Crippen molar-refractivity contribution in [2.24, 2.45) is 0 Å². The summed E-state index contributed by atoms with van der Waals surface area (Å²) in [6.07, 6.45) is -0.513. The Balaban J connectivity index is 2.44. The van der Waals surface area contributed by atoms with Gasteiger partial charge in [-0.15, -0.1) is 0 Å². The number of amides is 1. The third-order valence-corrected chi connectivity index (χ3v) is 4.13. The molecule has 0 aliphatic carbocycles. The van der Waals surface area contributed by atoms with Crippen LogP contribution in [0.3, 0.4) is 0 Å². The Morgan fingerprint density at radius 3 is 2.47 bits per heavy atom. The number of aliphatic hydroxyl groups is 1. The number of alkyl carbamates (subject to hydrolysis) is 1. The van der Waals surface area contributed by atoms with Gasteiger partial charge in [0.25, 0.3) is 0 Å². The molecule has 0 aromatic rings. The monoisotopic (exact) mass is 265 g/mol. The van der Waals surface area contributed by atoms with Crippen molar-refractivity contribution >= 4 is 15.9 Å². The van der Waals surface area contributed by atoms with Crippen molar-refractivity contribution < 1.29 is 23.1 Å². The molecule has 1 amide bonds. The normalized spacial score (nSPS) is 27.8. The summed E-state index contributed by atoms with van der Waals surface area (Å²) in [6, 6.07) is 0. The summed E-state index contributed by atoms with van der Waals surface area (Å²) < 4.78 is 27.4. The van der Waals surface area contributed by atoms with Crippen LogP contribution in [0.1, 0.15) is 27.2 Å². The van der Waals surface area contributed by atoms with E-state index in [-0.39, 0.29) is 24.5 Å². The molecule has 6 nitrogen and oxygen atoms in total. The molecule has 0 aromatic heterocycles. The van der Waals surface area contributed by atoms with E-state index in [4.69, 9.17) is 4.74 Å². The zero-order valence-electron chi connectivity index (χ0n) is 10.3. The Labute approximate surface area is 101 Å². The fraction of sp³-hybridized carbons (Fsp3) is 0.900. The van der Waals surface area contributed by atoms with Crippen molar-refractivity contribution in [3.63, 3.8) is 0 Å². The van der Waals surface area contributed by atoms with Crippen LogP contribution in [0.5, 0.6) is 0 Å². The molecule has 2 N–H and O–H groups in total. The summed E-state index contributed by atoms with van der Waals surface area (Å²) >= 11 is 0. The van der Waals surface area contributed by atoms with E-state index in [2.05, 4.69) is 5.32 Å². The van der Waals surface area contributed by atoms with Gasteiger partial charge < -0.3 is 15.2 Å². The van der Waals surface area contributed by atoms with Crippen LogP contribution in [0.25, 0.3) is 0 Å². The van der Waals surface area contributed by atoms with Gasteiger partial charge in [0, 0.05) is 0 Å². The first-order valence-electron chi connectivity index (χ1n) is 5.41. The number of carbonyl (C=O) groups is 1. The van der Waals surface area contributed by atoms with Gasteiger partial charge in [-0.2, -0.15) is 0 Å². The van der Waals surface area contributed by atoms with Crippen molar-refractivity contribution in [3.8, 4) is 0 Å². The second kappa shape index (κ2) is 4.45. The Bertz CT molecular complexity index is 397. The third kappa shape index (κ3) is 4.91. The molecular weight excluding hydrogens is 246 g/mol. The number of sulfone groups is 1. The van der Waals surface area contributed by atoms with E-state index in [1.807, 2.05) is 0 Å². The first-order valence-corrected chi connectivity index (χ1v) is 7.23. The van der Waals surface area contributed by atoms with Gasteiger partial charge >= 0.3 is 6.09 Å². The molecule has 0 spiro atoms. The van der Waals surface area contributed by atoms with E-state index in [0.717, 1.165) is 0 Å². The van der Waals surface area contributed by atoms with Crippen LogP contribution in [0.15, 0.2) is 0 Å². The molecule has 1 atom stereocenters. The highest BCUT2D eigenvalue weighted by Gasteiger charge is 2.40. The second-order valence-electron chi connectivity index (χ2n) is 5.42. The Kier molecular flexibility index (Phi) is 3.73. The minimum absolute atomic E-state index is 0.0422. The molecule has 1 rings (SSSR count). The van der Waals surface area contributed by atoms with E-state index in [0.29, 0.717) is 0 Å². The van der Waals surface area contributed by atoms with Crippen molar-refractivity contribution in [1.82, 2.24) is 5.32 Å². The topological polar surface area (TPSA) is 92.7 Å². The van der Waals surface area contributed by atoms with E-state index in [1.54, 1.807) is 20.8 Å². The van der Waals surface area contributed by atoms with Crippen LogP contribution in [0.4, 0.5) is 4.79 Å². The summed E-state index contributed by atoms with van der Waals surface area (Å²) in [6.45, 7) is 5.06. The molecule has 1 aliphatic heterocycles. The zero-order chi connectivity index (χ0) is 13.3. The van der Waals surface area contributed by atoms with Crippen LogP contribution < -0.4 is 5.32 Å². The highest BCUT2D eigenvalue weighted by atomic mass is 32.2. The summed E-state index contributed by atoms with van der Waals surface area (Å²) in [5.74, 6) is -0.352. The molecule has 17 heavy (non-hydrogen) atoms. The lowest BCUT2D eigenvalue weighted by Crippen LogP contribution is -2.45. The molecule has 1 saturated heterocycles. The van der Waals surface area contributed by atoms with Crippen molar-refractivity contribution in [3.05, 3.63) is 0 Å². The van der Waals surface area contributed by atoms with Gasteiger partial charge in [-0.3, -0.25) is 0 Å². The largest absolute Gasteiger partial charge is 0.444 e. The molecule has 0 bridgehead atoms. The molecule has 1 fully saturated rings. The highest BCUT2D eigenvalue weighted by Crippen LogP contribution is 2.22. The molecular formula is C10H19NO5S. The van der Waals surface area contributed by atoms with Crippen LogP contribution in [-0.4, -0.2) is 48.9 Å². The van der Waals surface area contributed by atoms with Gasteiger partial charge in [0.05, 0.1) is 23.7 Å². The SMILES string of the molecule is CC(C)(C)OC(=O)NCC1(O)CCS(=O)(=O)C1. The molecule has 1 aliphatic rings. The van der Waals surface area contributed by atoms with Gasteiger partial charge in [0.15, 0.2) is 9.84 Å². The zero-order valence-corrected chi connectivity index (χ0v) is 11.1. The number of rotatable bonds is 2. The number of carbonyl (C=O) groups excluding carboxylic acids is 1. The maximum atomic E-state index is 11.3. The number of ether oxygens (including phenoxy) is 1. The molecule has 1 heterocycles. The number of hydrogen-bond acceptors (Lipinski definition) is 5. The fourth-order valence-electron chi connectivity index (χ4n) is 1.59.